The number of benzene rings is 1. The Bertz CT molecular complexity index is 566. The van der Waals surface area contributed by atoms with E-state index in [1.165, 1.54) is 22.4 Å². The zero-order chi connectivity index (χ0) is 15.1. The van der Waals surface area contributed by atoms with E-state index in [2.05, 4.69) is 56.4 Å². The molecule has 114 valence electrons. The van der Waals surface area contributed by atoms with Gasteiger partial charge in [0.2, 0.25) is 0 Å². The molecule has 0 radical (unpaired) electrons. The third kappa shape index (κ3) is 5.01. The third-order valence-electron chi connectivity index (χ3n) is 3.44. The van der Waals surface area contributed by atoms with Crippen LogP contribution < -0.4 is 5.32 Å². The van der Waals surface area contributed by atoms with Crippen molar-refractivity contribution in [3.63, 3.8) is 0 Å². The molecule has 1 N–H and O–H groups in total. The Morgan fingerprint density at radius 3 is 2.81 bits per heavy atom. The van der Waals surface area contributed by atoms with E-state index in [4.69, 9.17) is 4.98 Å². The molecular weight excluding hydrogens is 276 g/mol. The van der Waals surface area contributed by atoms with Crippen LogP contribution in [0.15, 0.2) is 35.4 Å². The van der Waals surface area contributed by atoms with Crippen LogP contribution in [0.1, 0.15) is 39.2 Å². The number of fused-ring (bicyclic) bond motifs is 1. The molecule has 0 aliphatic heterocycles. The number of hydrogen-bond donors (Lipinski definition) is 1. The summed E-state index contributed by atoms with van der Waals surface area (Å²) in [7, 11) is 0. The largest absolute Gasteiger partial charge is 0.313 e. The van der Waals surface area contributed by atoms with Crippen molar-refractivity contribution in [1.29, 1.82) is 0 Å². The molecule has 1 aromatic heterocycles. The first-order valence-electron chi connectivity index (χ1n) is 7.93. The molecule has 0 saturated heterocycles. The van der Waals surface area contributed by atoms with Crippen LogP contribution in [0.4, 0.5) is 0 Å². The molecule has 0 saturated carbocycles. The molecule has 0 atom stereocenters. The Morgan fingerprint density at radius 1 is 1.24 bits per heavy atom. The second-order valence-corrected chi connectivity index (χ2v) is 6.94. The zero-order valence-corrected chi connectivity index (χ0v) is 14.2. The first-order valence-corrected chi connectivity index (χ1v) is 8.91. The van der Waals surface area contributed by atoms with Gasteiger partial charge in [-0.2, -0.15) is 0 Å². The molecule has 3 heteroatoms. The second kappa shape index (κ2) is 8.40. The summed E-state index contributed by atoms with van der Waals surface area (Å²) in [5.41, 5.74) is 2.43. The average Bonchev–Trinajstić information content (AvgIpc) is 2.47. The Hall–Kier alpha value is -1.06. The summed E-state index contributed by atoms with van der Waals surface area (Å²) >= 11 is 1.90. The average molecular weight is 302 g/mol. The SMILES string of the molecule is CCCNCc1cc2ccccc2nc1SCCC(C)C. The highest BCUT2D eigenvalue weighted by Gasteiger charge is 2.08. The van der Waals surface area contributed by atoms with Crippen molar-refractivity contribution in [1.82, 2.24) is 10.3 Å². The van der Waals surface area contributed by atoms with Gasteiger partial charge in [-0.3, -0.25) is 0 Å². The summed E-state index contributed by atoms with van der Waals surface area (Å²) in [5.74, 6) is 1.89. The van der Waals surface area contributed by atoms with Crippen molar-refractivity contribution in [2.45, 2.75) is 45.2 Å². The standard InChI is InChI=1S/C18H26N2S/c1-4-10-19-13-16-12-15-7-5-6-8-17(15)20-18(16)21-11-9-14(2)3/h5-8,12,14,19H,4,9-11,13H2,1-3H3. The van der Waals surface area contributed by atoms with Gasteiger partial charge in [0.05, 0.1) is 5.52 Å². The molecule has 2 aromatic rings. The van der Waals surface area contributed by atoms with Gasteiger partial charge >= 0.3 is 0 Å². The number of aromatic nitrogens is 1. The lowest BCUT2D eigenvalue weighted by Crippen LogP contribution is -2.15. The van der Waals surface area contributed by atoms with Crippen molar-refractivity contribution in [3.05, 3.63) is 35.9 Å². The maximum absolute atomic E-state index is 4.87. The number of nitrogens with zero attached hydrogens (tertiary/aromatic N) is 1. The van der Waals surface area contributed by atoms with Gasteiger partial charge in [0.25, 0.3) is 0 Å². The summed E-state index contributed by atoms with van der Waals surface area (Å²) < 4.78 is 0. The summed E-state index contributed by atoms with van der Waals surface area (Å²) in [6, 6.07) is 10.7. The van der Waals surface area contributed by atoms with Crippen LogP contribution in [-0.2, 0) is 6.54 Å². The Labute approximate surface area is 132 Å². The third-order valence-corrected chi connectivity index (χ3v) is 4.51. The van der Waals surface area contributed by atoms with Crippen LogP contribution in [0.3, 0.4) is 0 Å². The van der Waals surface area contributed by atoms with Gasteiger partial charge in [0.1, 0.15) is 5.03 Å². The number of rotatable bonds is 8. The highest BCUT2D eigenvalue weighted by Crippen LogP contribution is 2.26. The normalized spacial score (nSPS) is 11.4. The molecule has 0 amide bonds. The number of para-hydroxylation sites is 1. The zero-order valence-electron chi connectivity index (χ0n) is 13.4. The van der Waals surface area contributed by atoms with Gasteiger partial charge < -0.3 is 5.32 Å². The van der Waals surface area contributed by atoms with E-state index in [1.54, 1.807) is 0 Å². The predicted octanol–water partition coefficient (Wildman–Crippen LogP) is 4.87. The van der Waals surface area contributed by atoms with E-state index in [1.807, 2.05) is 11.8 Å². The number of thioether (sulfide) groups is 1. The fourth-order valence-electron chi connectivity index (χ4n) is 2.18. The van der Waals surface area contributed by atoms with Gasteiger partial charge in [-0.25, -0.2) is 4.98 Å². The van der Waals surface area contributed by atoms with Crippen molar-refractivity contribution < 1.29 is 0 Å². The predicted molar refractivity (Wildman–Crippen MR) is 93.9 cm³/mol. The van der Waals surface area contributed by atoms with E-state index in [0.717, 1.165) is 36.7 Å². The number of hydrogen-bond acceptors (Lipinski definition) is 3. The first kappa shape index (κ1) is 16.3. The minimum Gasteiger partial charge on any atom is -0.313 e. The van der Waals surface area contributed by atoms with E-state index in [0.29, 0.717) is 0 Å². The molecule has 2 rings (SSSR count). The van der Waals surface area contributed by atoms with Gasteiger partial charge in [-0.15, -0.1) is 11.8 Å². The van der Waals surface area contributed by atoms with Crippen molar-refractivity contribution >= 4 is 22.7 Å². The summed E-state index contributed by atoms with van der Waals surface area (Å²) in [6.45, 7) is 8.72. The van der Waals surface area contributed by atoms with Gasteiger partial charge in [-0.1, -0.05) is 39.0 Å². The summed E-state index contributed by atoms with van der Waals surface area (Å²) in [5, 5.41) is 5.93. The fraction of sp³-hybridized carbons (Fsp3) is 0.500. The van der Waals surface area contributed by atoms with Crippen molar-refractivity contribution in [2.75, 3.05) is 12.3 Å². The molecule has 0 aliphatic carbocycles. The lowest BCUT2D eigenvalue weighted by atomic mass is 10.1. The second-order valence-electron chi connectivity index (χ2n) is 5.85. The first-order chi connectivity index (χ1) is 10.2. The Balaban J connectivity index is 2.18. The lowest BCUT2D eigenvalue weighted by molar-refractivity contribution is 0.631. The highest BCUT2D eigenvalue weighted by atomic mass is 32.2. The van der Waals surface area contributed by atoms with Gasteiger partial charge in [0, 0.05) is 11.9 Å². The monoisotopic (exact) mass is 302 g/mol. The molecule has 0 unspecified atom stereocenters. The van der Waals surface area contributed by atoms with Crippen LogP contribution in [0.5, 0.6) is 0 Å². The topological polar surface area (TPSA) is 24.9 Å². The summed E-state index contributed by atoms with van der Waals surface area (Å²) in [4.78, 5) is 4.87. The number of pyridine rings is 1. The molecule has 0 bridgehead atoms. The van der Waals surface area contributed by atoms with Crippen LogP contribution in [0, 0.1) is 5.92 Å². The summed E-state index contributed by atoms with van der Waals surface area (Å²) in [6.07, 6.45) is 2.40. The molecule has 0 spiro atoms. The molecule has 0 aliphatic rings. The maximum Gasteiger partial charge on any atom is 0.101 e. The molecule has 1 heterocycles. The Kier molecular flexibility index (Phi) is 6.52. The van der Waals surface area contributed by atoms with Crippen LogP contribution >= 0.6 is 11.8 Å². The minimum absolute atomic E-state index is 0.750. The lowest BCUT2D eigenvalue weighted by Gasteiger charge is -2.12. The smallest absolute Gasteiger partial charge is 0.101 e. The van der Waals surface area contributed by atoms with E-state index in [9.17, 15) is 0 Å². The van der Waals surface area contributed by atoms with Crippen molar-refractivity contribution in [2.24, 2.45) is 5.92 Å². The minimum atomic E-state index is 0.750. The quantitative estimate of drug-likeness (QED) is 0.556. The molecule has 1 aromatic carbocycles. The van der Waals surface area contributed by atoms with Crippen molar-refractivity contribution in [3.8, 4) is 0 Å². The van der Waals surface area contributed by atoms with E-state index >= 15 is 0 Å². The molecule has 2 nitrogen and oxygen atoms in total. The van der Waals surface area contributed by atoms with Gasteiger partial charge in [-0.05, 0) is 48.8 Å². The van der Waals surface area contributed by atoms with E-state index < -0.39 is 0 Å². The maximum atomic E-state index is 4.87. The number of nitrogens with one attached hydrogen (secondary N) is 1. The van der Waals surface area contributed by atoms with Gasteiger partial charge in [0.15, 0.2) is 0 Å². The highest BCUT2D eigenvalue weighted by molar-refractivity contribution is 7.99. The van der Waals surface area contributed by atoms with E-state index in [-0.39, 0.29) is 0 Å². The van der Waals surface area contributed by atoms with Crippen LogP contribution in [0.25, 0.3) is 10.9 Å². The fourth-order valence-corrected chi connectivity index (χ4v) is 3.45. The molecule has 21 heavy (non-hydrogen) atoms. The Morgan fingerprint density at radius 2 is 2.05 bits per heavy atom. The molecular formula is C18H26N2S. The molecule has 0 fully saturated rings. The van der Waals surface area contributed by atoms with Crippen LogP contribution in [0.2, 0.25) is 0 Å². The van der Waals surface area contributed by atoms with Crippen LogP contribution in [-0.4, -0.2) is 17.3 Å².